The summed E-state index contributed by atoms with van der Waals surface area (Å²) in [5.74, 6) is 0. The minimum Gasteiger partial charge on any atom is -0.428 e. The van der Waals surface area contributed by atoms with Crippen molar-refractivity contribution < 1.29 is 5.21 Å². The molecule has 0 amide bonds. The van der Waals surface area contributed by atoms with Crippen LogP contribution in [0.25, 0.3) is 0 Å². The number of hydrogen-bond acceptors (Lipinski definition) is 2. The summed E-state index contributed by atoms with van der Waals surface area (Å²) in [5, 5.41) is 8.73. The van der Waals surface area contributed by atoms with E-state index in [0.717, 1.165) is 4.73 Å². The first-order valence-electron chi connectivity index (χ1n) is 2.17. The molecule has 50 valence electrons. The van der Waals surface area contributed by atoms with Gasteiger partial charge in [0.1, 0.15) is 4.64 Å². The minimum atomic E-state index is 0. The number of pyridine rings is 1. The van der Waals surface area contributed by atoms with Gasteiger partial charge in [0.25, 0.3) is 0 Å². The number of aromatic nitrogens is 1. The van der Waals surface area contributed by atoms with Gasteiger partial charge in [-0.05, 0) is 12.1 Å². The van der Waals surface area contributed by atoms with Crippen molar-refractivity contribution >= 4 is 25.7 Å². The van der Waals surface area contributed by atoms with Crippen LogP contribution in [0.5, 0.6) is 0 Å². The van der Waals surface area contributed by atoms with Gasteiger partial charge in [0, 0.05) is 6.20 Å². The van der Waals surface area contributed by atoms with Crippen LogP contribution in [0.4, 0.5) is 0 Å². The standard InChI is InChI=1S/C5H5NOS.H2S/c7-6-4-2-1-3-5(6)8;/h1-4,7H;1H2. The molecular weight excluding hydrogens is 154 g/mol. The summed E-state index contributed by atoms with van der Waals surface area (Å²) in [6.07, 6.45) is 1.49. The predicted molar refractivity (Wildman–Crippen MR) is 42.8 cm³/mol. The van der Waals surface area contributed by atoms with Gasteiger partial charge in [-0.25, -0.2) is 0 Å². The van der Waals surface area contributed by atoms with Gasteiger partial charge in [0.05, 0.1) is 0 Å². The van der Waals surface area contributed by atoms with Gasteiger partial charge in [-0.3, -0.25) is 0 Å². The second-order valence-electron chi connectivity index (χ2n) is 1.38. The van der Waals surface area contributed by atoms with Crippen molar-refractivity contribution in [2.45, 2.75) is 0 Å². The van der Waals surface area contributed by atoms with E-state index in [1.54, 1.807) is 18.2 Å². The fourth-order valence-electron chi connectivity index (χ4n) is 0.419. The molecule has 0 spiro atoms. The summed E-state index contributed by atoms with van der Waals surface area (Å²) in [5.41, 5.74) is 0. The maximum Gasteiger partial charge on any atom is 0.142 e. The lowest BCUT2D eigenvalue weighted by Gasteiger charge is -1.90. The topological polar surface area (TPSA) is 25.2 Å². The van der Waals surface area contributed by atoms with E-state index in [1.165, 1.54) is 6.20 Å². The van der Waals surface area contributed by atoms with E-state index in [-0.39, 0.29) is 13.5 Å². The maximum absolute atomic E-state index is 8.73. The lowest BCUT2D eigenvalue weighted by molar-refractivity contribution is 0.180. The van der Waals surface area contributed by atoms with E-state index in [4.69, 9.17) is 5.21 Å². The third kappa shape index (κ3) is 2.07. The summed E-state index contributed by atoms with van der Waals surface area (Å²) in [4.78, 5) is 0. The minimum absolute atomic E-state index is 0. The fraction of sp³-hybridized carbons (Fsp3) is 0. The average molecular weight is 161 g/mol. The Balaban J connectivity index is 0.000000640. The molecule has 1 rings (SSSR count). The van der Waals surface area contributed by atoms with Crippen LogP contribution in [-0.4, -0.2) is 9.94 Å². The first-order chi connectivity index (χ1) is 3.80. The van der Waals surface area contributed by atoms with Crippen molar-refractivity contribution in [2.24, 2.45) is 0 Å². The van der Waals surface area contributed by atoms with Crippen molar-refractivity contribution in [1.29, 1.82) is 0 Å². The van der Waals surface area contributed by atoms with Gasteiger partial charge in [-0.2, -0.15) is 18.2 Å². The maximum atomic E-state index is 8.73. The van der Waals surface area contributed by atoms with Crippen LogP contribution in [-0.2, 0) is 0 Å². The molecule has 4 heteroatoms. The third-order valence-electron chi connectivity index (χ3n) is 0.803. The Morgan fingerprint density at radius 3 is 2.44 bits per heavy atom. The second-order valence-corrected chi connectivity index (χ2v) is 1.80. The Morgan fingerprint density at radius 2 is 2.11 bits per heavy atom. The van der Waals surface area contributed by atoms with Crippen LogP contribution in [0.3, 0.4) is 0 Å². The number of nitrogens with zero attached hydrogens (tertiary/aromatic N) is 1. The highest BCUT2D eigenvalue weighted by Gasteiger charge is 1.77. The monoisotopic (exact) mass is 161 g/mol. The summed E-state index contributed by atoms with van der Waals surface area (Å²) >= 11 is 4.67. The van der Waals surface area contributed by atoms with Crippen LogP contribution >= 0.6 is 25.7 Å². The van der Waals surface area contributed by atoms with Crippen molar-refractivity contribution in [3.8, 4) is 0 Å². The first-order valence-corrected chi connectivity index (χ1v) is 2.58. The molecule has 1 heterocycles. The highest BCUT2D eigenvalue weighted by molar-refractivity contribution is 7.71. The molecule has 0 bridgehead atoms. The molecule has 9 heavy (non-hydrogen) atoms. The van der Waals surface area contributed by atoms with Crippen LogP contribution in [0, 0.1) is 4.64 Å². The van der Waals surface area contributed by atoms with E-state index in [0.29, 0.717) is 4.64 Å². The molecule has 1 N–H and O–H groups in total. The molecular formula is C5H7NOS2. The van der Waals surface area contributed by atoms with E-state index >= 15 is 0 Å². The Bertz CT molecular complexity index is 232. The van der Waals surface area contributed by atoms with Crippen molar-refractivity contribution in [2.75, 3.05) is 0 Å². The molecule has 2 nitrogen and oxygen atoms in total. The van der Waals surface area contributed by atoms with E-state index in [2.05, 4.69) is 12.2 Å². The summed E-state index contributed by atoms with van der Waals surface area (Å²) < 4.78 is 1.32. The smallest absolute Gasteiger partial charge is 0.142 e. The van der Waals surface area contributed by atoms with E-state index in [9.17, 15) is 0 Å². The number of rotatable bonds is 0. The molecule has 0 aliphatic rings. The Kier molecular flexibility index (Phi) is 3.34. The number of hydrogen-bond donors (Lipinski definition) is 1. The van der Waals surface area contributed by atoms with E-state index < -0.39 is 0 Å². The Labute approximate surface area is 65.2 Å². The van der Waals surface area contributed by atoms with Gasteiger partial charge in [-0.1, -0.05) is 18.3 Å². The quantitative estimate of drug-likeness (QED) is 0.461. The molecule has 1 aromatic rings. The average Bonchev–Trinajstić information content (AvgIpc) is 1.77. The third-order valence-corrected chi connectivity index (χ3v) is 1.13. The lowest BCUT2D eigenvalue weighted by Crippen LogP contribution is -1.89. The Morgan fingerprint density at radius 1 is 1.44 bits per heavy atom. The largest absolute Gasteiger partial charge is 0.428 e. The van der Waals surface area contributed by atoms with Gasteiger partial charge in [0.15, 0.2) is 0 Å². The molecule has 0 saturated heterocycles. The molecule has 0 radical (unpaired) electrons. The zero-order chi connectivity index (χ0) is 5.98. The molecule has 0 aliphatic heterocycles. The molecule has 0 fully saturated rings. The fourth-order valence-corrected chi connectivity index (χ4v) is 0.558. The molecule has 1 aromatic heterocycles. The highest BCUT2D eigenvalue weighted by Crippen LogP contribution is 1.86. The SMILES string of the molecule is On1ccccc1=S.S. The van der Waals surface area contributed by atoms with Crippen LogP contribution in [0.1, 0.15) is 0 Å². The Hall–Kier alpha value is -0.480. The van der Waals surface area contributed by atoms with Gasteiger partial charge >= 0.3 is 0 Å². The van der Waals surface area contributed by atoms with Crippen LogP contribution in [0.15, 0.2) is 24.4 Å². The van der Waals surface area contributed by atoms with Crippen LogP contribution < -0.4 is 0 Å². The zero-order valence-electron chi connectivity index (χ0n) is 4.61. The van der Waals surface area contributed by atoms with Crippen molar-refractivity contribution in [1.82, 2.24) is 4.73 Å². The molecule has 0 aliphatic carbocycles. The van der Waals surface area contributed by atoms with Gasteiger partial charge < -0.3 is 5.21 Å². The molecule has 0 atom stereocenters. The van der Waals surface area contributed by atoms with Gasteiger partial charge in [0.2, 0.25) is 0 Å². The van der Waals surface area contributed by atoms with Crippen LogP contribution in [0.2, 0.25) is 0 Å². The zero-order valence-corrected chi connectivity index (χ0v) is 6.43. The summed E-state index contributed by atoms with van der Waals surface area (Å²) in [6, 6.07) is 5.13. The second kappa shape index (κ2) is 3.53. The van der Waals surface area contributed by atoms with E-state index in [1.807, 2.05) is 0 Å². The van der Waals surface area contributed by atoms with Crippen molar-refractivity contribution in [3.63, 3.8) is 0 Å². The normalized spacial score (nSPS) is 8.00. The van der Waals surface area contributed by atoms with Gasteiger partial charge in [-0.15, -0.1) is 0 Å². The highest BCUT2D eigenvalue weighted by atomic mass is 32.1. The first kappa shape index (κ1) is 8.52. The summed E-state index contributed by atoms with van der Waals surface area (Å²) in [6.45, 7) is 0. The predicted octanol–water partition coefficient (Wildman–Crippen LogP) is 1.57. The lowest BCUT2D eigenvalue weighted by atomic mass is 10.5. The van der Waals surface area contributed by atoms with Crippen molar-refractivity contribution in [3.05, 3.63) is 29.0 Å². The molecule has 0 aromatic carbocycles. The molecule has 0 unspecified atom stereocenters. The summed E-state index contributed by atoms with van der Waals surface area (Å²) in [7, 11) is 0. The molecule has 0 saturated carbocycles.